The lowest BCUT2D eigenvalue weighted by Crippen LogP contribution is -2.60. The van der Waals surface area contributed by atoms with Crippen LogP contribution in [0.3, 0.4) is 0 Å². The van der Waals surface area contributed by atoms with Gasteiger partial charge in [0.05, 0.1) is 25.2 Å². The Kier molecular flexibility index (Phi) is 11.6. The molecule has 1 aliphatic rings. The Morgan fingerprint density at radius 2 is 1.93 bits per heavy atom. The fraction of sp³-hybridized carbons (Fsp3) is 0.875. The minimum Gasteiger partial charge on any atom is -0.394 e. The SMILES string of the molecule is CC(C)C(C=NCSN)C(CO)OC(C=O)OC1C(CO)OC(O)C(O)C1O. The van der Waals surface area contributed by atoms with Gasteiger partial charge in [-0.05, 0) is 5.92 Å². The molecule has 0 aromatic rings. The largest absolute Gasteiger partial charge is 0.394 e. The highest BCUT2D eigenvalue weighted by molar-refractivity contribution is 7.97. The van der Waals surface area contributed by atoms with Gasteiger partial charge in [-0.25, -0.2) is 0 Å². The molecule has 12 heteroatoms. The van der Waals surface area contributed by atoms with E-state index in [1.54, 1.807) is 6.21 Å². The summed E-state index contributed by atoms with van der Waals surface area (Å²) >= 11 is 1.03. The maximum Gasteiger partial charge on any atom is 0.215 e. The number of rotatable bonds is 12. The van der Waals surface area contributed by atoms with E-state index < -0.39 is 56.3 Å². The van der Waals surface area contributed by atoms with E-state index >= 15 is 0 Å². The van der Waals surface area contributed by atoms with Crippen molar-refractivity contribution < 1.29 is 44.5 Å². The molecule has 0 aliphatic carbocycles. The van der Waals surface area contributed by atoms with Crippen molar-refractivity contribution in [3.8, 4) is 0 Å². The van der Waals surface area contributed by atoms with E-state index in [0.29, 0.717) is 12.2 Å². The first kappa shape index (κ1) is 25.4. The van der Waals surface area contributed by atoms with Gasteiger partial charge in [-0.3, -0.25) is 14.9 Å². The van der Waals surface area contributed by atoms with Crippen LogP contribution in [0.4, 0.5) is 0 Å². The third kappa shape index (κ3) is 6.99. The number of carbonyl (C=O) groups is 1. The Bertz CT molecular complexity index is 483. The van der Waals surface area contributed by atoms with Gasteiger partial charge in [0.25, 0.3) is 0 Å². The van der Waals surface area contributed by atoms with Crippen LogP contribution >= 0.6 is 11.9 Å². The predicted molar refractivity (Wildman–Crippen MR) is 100 cm³/mol. The van der Waals surface area contributed by atoms with E-state index in [4.69, 9.17) is 19.3 Å². The first-order chi connectivity index (χ1) is 13.3. The van der Waals surface area contributed by atoms with Crippen molar-refractivity contribution in [3.05, 3.63) is 0 Å². The minimum atomic E-state index is -1.71. The Labute approximate surface area is 167 Å². The molecule has 1 heterocycles. The molecule has 0 amide bonds. The Morgan fingerprint density at radius 1 is 1.25 bits per heavy atom. The third-order valence-electron chi connectivity index (χ3n) is 4.36. The van der Waals surface area contributed by atoms with Crippen molar-refractivity contribution >= 4 is 24.4 Å². The number of aliphatic imine (C=N–C) groups is 1. The molecule has 8 unspecified atom stereocenters. The molecule has 0 aromatic heterocycles. The number of aldehydes is 1. The van der Waals surface area contributed by atoms with Gasteiger partial charge in [-0.2, -0.15) is 0 Å². The van der Waals surface area contributed by atoms with Crippen LogP contribution in [0.25, 0.3) is 0 Å². The Hall–Kier alpha value is -0.670. The zero-order chi connectivity index (χ0) is 21.3. The van der Waals surface area contributed by atoms with Crippen molar-refractivity contribution in [3.63, 3.8) is 0 Å². The van der Waals surface area contributed by atoms with Gasteiger partial charge in [0.1, 0.15) is 24.4 Å². The number of hydrogen-bond donors (Lipinski definition) is 6. The Morgan fingerprint density at radius 3 is 2.43 bits per heavy atom. The van der Waals surface area contributed by atoms with Gasteiger partial charge in [0.2, 0.25) is 6.29 Å². The molecule has 11 nitrogen and oxygen atoms in total. The molecule has 28 heavy (non-hydrogen) atoms. The molecule has 7 N–H and O–H groups in total. The van der Waals surface area contributed by atoms with Gasteiger partial charge in [-0.1, -0.05) is 25.8 Å². The van der Waals surface area contributed by atoms with Crippen LogP contribution in [-0.4, -0.2) is 100 Å². The zero-order valence-electron chi connectivity index (χ0n) is 15.8. The number of nitrogens with two attached hydrogens (primary N) is 1. The number of aliphatic hydroxyl groups is 5. The normalized spacial score (nSPS) is 31.8. The molecule has 164 valence electrons. The van der Waals surface area contributed by atoms with Gasteiger partial charge in [-0.15, -0.1) is 0 Å². The summed E-state index contributed by atoms with van der Waals surface area (Å²) in [4.78, 5) is 15.6. The van der Waals surface area contributed by atoms with Crippen LogP contribution in [0.15, 0.2) is 4.99 Å². The number of aliphatic hydroxyl groups excluding tert-OH is 5. The number of carbonyl (C=O) groups excluding carboxylic acids is 1. The van der Waals surface area contributed by atoms with Crippen LogP contribution in [0.5, 0.6) is 0 Å². The lowest BCUT2D eigenvalue weighted by molar-refractivity contribution is -0.315. The summed E-state index contributed by atoms with van der Waals surface area (Å²) in [6.07, 6.45) is -8.08. The summed E-state index contributed by atoms with van der Waals surface area (Å²) in [7, 11) is 0. The zero-order valence-corrected chi connectivity index (χ0v) is 16.6. The molecule has 0 spiro atoms. The molecule has 0 aromatic carbocycles. The summed E-state index contributed by atoms with van der Waals surface area (Å²) in [5.41, 5.74) is 0. The Balaban J connectivity index is 2.88. The lowest BCUT2D eigenvalue weighted by Gasteiger charge is -2.41. The molecule has 1 saturated heterocycles. The summed E-state index contributed by atoms with van der Waals surface area (Å²) in [6, 6.07) is 0. The van der Waals surface area contributed by atoms with Gasteiger partial charge >= 0.3 is 0 Å². The van der Waals surface area contributed by atoms with E-state index in [-0.39, 0.29) is 11.8 Å². The molecule has 0 bridgehead atoms. The number of ether oxygens (including phenoxy) is 3. The van der Waals surface area contributed by atoms with Crippen LogP contribution in [0.1, 0.15) is 13.8 Å². The summed E-state index contributed by atoms with van der Waals surface area (Å²) < 4.78 is 15.9. The van der Waals surface area contributed by atoms with Crippen molar-refractivity contribution in [2.24, 2.45) is 22.0 Å². The second-order valence-electron chi connectivity index (χ2n) is 6.64. The smallest absolute Gasteiger partial charge is 0.215 e. The second-order valence-corrected chi connectivity index (χ2v) is 7.23. The molecule has 0 saturated carbocycles. The fourth-order valence-electron chi connectivity index (χ4n) is 2.82. The molecule has 1 aliphatic heterocycles. The number of nitrogens with zero attached hydrogens (tertiary/aromatic N) is 1. The van der Waals surface area contributed by atoms with E-state index in [9.17, 15) is 30.3 Å². The van der Waals surface area contributed by atoms with Crippen LogP contribution in [0, 0.1) is 11.8 Å². The molecular formula is C16H30N2O9S. The van der Waals surface area contributed by atoms with Crippen LogP contribution in [-0.2, 0) is 19.0 Å². The van der Waals surface area contributed by atoms with Crippen LogP contribution in [0.2, 0.25) is 0 Å². The quantitative estimate of drug-likeness (QED) is 0.0847. The lowest BCUT2D eigenvalue weighted by atomic mass is 9.91. The van der Waals surface area contributed by atoms with Crippen LogP contribution < -0.4 is 5.14 Å². The first-order valence-electron chi connectivity index (χ1n) is 8.79. The molecule has 1 rings (SSSR count). The molecular weight excluding hydrogens is 396 g/mol. The monoisotopic (exact) mass is 426 g/mol. The van der Waals surface area contributed by atoms with Gasteiger partial charge in [0, 0.05) is 12.1 Å². The van der Waals surface area contributed by atoms with E-state index in [0.717, 1.165) is 11.9 Å². The van der Waals surface area contributed by atoms with E-state index in [1.807, 2.05) is 13.8 Å². The topological polar surface area (TPSA) is 184 Å². The average molecular weight is 426 g/mol. The van der Waals surface area contributed by atoms with Crippen molar-refractivity contribution in [2.75, 3.05) is 19.1 Å². The minimum absolute atomic E-state index is 0.00161. The second kappa shape index (κ2) is 12.8. The highest BCUT2D eigenvalue weighted by Gasteiger charge is 2.45. The van der Waals surface area contributed by atoms with Gasteiger partial charge in [0.15, 0.2) is 12.6 Å². The third-order valence-corrected chi connectivity index (χ3v) is 4.65. The average Bonchev–Trinajstić information content (AvgIpc) is 2.68. The maximum atomic E-state index is 11.4. The highest BCUT2D eigenvalue weighted by atomic mass is 32.2. The predicted octanol–water partition coefficient (Wildman–Crippen LogP) is -2.39. The first-order valence-corrected chi connectivity index (χ1v) is 9.84. The van der Waals surface area contributed by atoms with Crippen molar-refractivity contribution in [1.82, 2.24) is 0 Å². The van der Waals surface area contributed by atoms with E-state index in [1.165, 1.54) is 0 Å². The molecule has 8 atom stereocenters. The molecule has 0 radical (unpaired) electrons. The van der Waals surface area contributed by atoms with E-state index in [2.05, 4.69) is 4.99 Å². The summed E-state index contributed by atoms with van der Waals surface area (Å²) in [5, 5.41) is 53.8. The number of hydrogen-bond acceptors (Lipinski definition) is 12. The highest BCUT2D eigenvalue weighted by Crippen LogP contribution is 2.25. The van der Waals surface area contributed by atoms with Crippen molar-refractivity contribution in [2.45, 2.75) is 56.9 Å². The summed E-state index contributed by atoms with van der Waals surface area (Å²) in [5.74, 6) is -0.0441. The molecule has 1 fully saturated rings. The fourth-order valence-corrected chi connectivity index (χ4v) is 2.99. The van der Waals surface area contributed by atoms with Crippen molar-refractivity contribution in [1.29, 1.82) is 0 Å². The summed E-state index contributed by atoms with van der Waals surface area (Å²) in [6.45, 7) is 2.69. The van der Waals surface area contributed by atoms with Gasteiger partial charge < -0.3 is 39.7 Å². The maximum absolute atomic E-state index is 11.4. The standard InChI is InChI=1S/C16H30N2O9S/c1-8(2)9(3-18-7-28-17)10(4-19)25-12(6-21)27-15-11(5-20)26-16(24)14(23)13(15)22/h3,6,8-16,19-20,22-24H,4-5,7,17H2,1-2H3.